The fourth-order valence-corrected chi connectivity index (χ4v) is 3.06. The predicted molar refractivity (Wildman–Crippen MR) is 110 cm³/mol. The Morgan fingerprint density at radius 1 is 1.37 bits per heavy atom. The van der Waals surface area contributed by atoms with Gasteiger partial charge in [-0.15, -0.1) is 24.8 Å². The molecular weight excluding hydrogens is 389 g/mol. The molecule has 2 aromatic rings. The van der Waals surface area contributed by atoms with Crippen LogP contribution >= 0.6 is 24.8 Å². The van der Waals surface area contributed by atoms with Gasteiger partial charge in [-0.1, -0.05) is 6.92 Å². The highest BCUT2D eigenvalue weighted by atomic mass is 35.5. The summed E-state index contributed by atoms with van der Waals surface area (Å²) in [6.45, 7) is 5.63. The SMILES string of the molecule is Cc1nc(-c2cccnc2)[nH]c(=O)c1CC(=O)NC1CNCCC1C.Cl.Cl. The Hall–Kier alpha value is -1.96. The van der Waals surface area contributed by atoms with E-state index in [1.54, 1.807) is 25.4 Å². The van der Waals surface area contributed by atoms with Crippen LogP contribution in [0.25, 0.3) is 11.4 Å². The van der Waals surface area contributed by atoms with E-state index in [0.29, 0.717) is 23.0 Å². The second-order valence-electron chi connectivity index (χ2n) is 6.54. The second kappa shape index (κ2) is 10.4. The van der Waals surface area contributed by atoms with Gasteiger partial charge in [-0.2, -0.15) is 0 Å². The number of rotatable bonds is 4. The number of halogens is 2. The van der Waals surface area contributed by atoms with Crippen molar-refractivity contribution < 1.29 is 4.79 Å². The number of aromatic amines is 1. The highest BCUT2D eigenvalue weighted by Crippen LogP contribution is 2.14. The van der Waals surface area contributed by atoms with E-state index < -0.39 is 0 Å². The van der Waals surface area contributed by atoms with Crippen molar-refractivity contribution in [2.45, 2.75) is 32.7 Å². The number of nitrogens with one attached hydrogen (secondary N) is 3. The van der Waals surface area contributed by atoms with E-state index in [1.807, 2.05) is 6.07 Å². The number of pyridine rings is 1. The lowest BCUT2D eigenvalue weighted by Gasteiger charge is -2.30. The Kier molecular flexibility index (Phi) is 8.88. The zero-order valence-electron chi connectivity index (χ0n) is 15.3. The van der Waals surface area contributed by atoms with Crippen LogP contribution in [-0.2, 0) is 11.2 Å². The summed E-state index contributed by atoms with van der Waals surface area (Å²) in [5.41, 5.74) is 1.42. The number of H-pyrrole nitrogens is 1. The molecule has 0 aliphatic carbocycles. The maximum Gasteiger partial charge on any atom is 0.255 e. The van der Waals surface area contributed by atoms with Crippen LogP contribution in [0.4, 0.5) is 0 Å². The van der Waals surface area contributed by atoms with Crippen LogP contribution in [0.15, 0.2) is 29.3 Å². The van der Waals surface area contributed by atoms with Gasteiger partial charge in [-0.25, -0.2) is 4.98 Å². The van der Waals surface area contributed by atoms with Crippen molar-refractivity contribution in [3.63, 3.8) is 0 Å². The standard InChI is InChI=1S/C18H23N5O2.2ClH/c1-11-5-7-20-10-15(11)22-16(24)8-14-12(2)21-17(23-18(14)25)13-4-3-6-19-9-13;;/h3-4,6,9,11,15,20H,5,7-8,10H2,1-2H3,(H,22,24)(H,21,23,25);2*1H. The zero-order valence-corrected chi connectivity index (χ0v) is 17.0. The lowest BCUT2D eigenvalue weighted by atomic mass is 9.94. The van der Waals surface area contributed by atoms with Crippen molar-refractivity contribution in [3.8, 4) is 11.4 Å². The van der Waals surface area contributed by atoms with Gasteiger partial charge in [0, 0.05) is 41.8 Å². The first-order valence-corrected chi connectivity index (χ1v) is 8.55. The fraction of sp³-hybridized carbons (Fsp3) is 0.444. The van der Waals surface area contributed by atoms with Gasteiger partial charge in [0.2, 0.25) is 5.91 Å². The van der Waals surface area contributed by atoms with Gasteiger partial charge in [-0.3, -0.25) is 14.6 Å². The maximum atomic E-state index is 12.4. The van der Waals surface area contributed by atoms with Gasteiger partial charge in [-0.05, 0) is 37.9 Å². The third-order valence-corrected chi connectivity index (χ3v) is 4.67. The van der Waals surface area contributed by atoms with Gasteiger partial charge in [0.1, 0.15) is 5.82 Å². The van der Waals surface area contributed by atoms with E-state index in [4.69, 9.17) is 0 Å². The number of hydrogen-bond donors (Lipinski definition) is 3. The highest BCUT2D eigenvalue weighted by molar-refractivity contribution is 5.85. The molecule has 1 amide bonds. The molecule has 2 aromatic heterocycles. The van der Waals surface area contributed by atoms with Gasteiger partial charge in [0.25, 0.3) is 5.56 Å². The summed E-state index contributed by atoms with van der Waals surface area (Å²) in [4.78, 5) is 36.0. The molecule has 148 valence electrons. The Balaban J connectivity index is 0.00000182. The molecule has 0 bridgehead atoms. The third-order valence-electron chi connectivity index (χ3n) is 4.67. The van der Waals surface area contributed by atoms with Crippen molar-refractivity contribution in [2.75, 3.05) is 13.1 Å². The molecule has 1 saturated heterocycles. The van der Waals surface area contributed by atoms with E-state index in [9.17, 15) is 9.59 Å². The van der Waals surface area contributed by atoms with Gasteiger partial charge in [0.05, 0.1) is 6.42 Å². The van der Waals surface area contributed by atoms with E-state index in [1.165, 1.54) is 0 Å². The quantitative estimate of drug-likeness (QED) is 0.707. The van der Waals surface area contributed by atoms with E-state index >= 15 is 0 Å². The third kappa shape index (κ3) is 5.76. The average Bonchev–Trinajstić information content (AvgIpc) is 2.61. The molecule has 1 aliphatic heterocycles. The van der Waals surface area contributed by atoms with Gasteiger partial charge in [0.15, 0.2) is 0 Å². The van der Waals surface area contributed by atoms with Gasteiger partial charge >= 0.3 is 0 Å². The monoisotopic (exact) mass is 413 g/mol. The molecule has 0 saturated carbocycles. The predicted octanol–water partition coefficient (Wildman–Crippen LogP) is 1.64. The number of piperidine rings is 1. The molecule has 3 heterocycles. The molecule has 7 nitrogen and oxygen atoms in total. The molecule has 0 aromatic carbocycles. The highest BCUT2D eigenvalue weighted by Gasteiger charge is 2.23. The average molecular weight is 414 g/mol. The van der Waals surface area contributed by atoms with Crippen LogP contribution in [0.2, 0.25) is 0 Å². The largest absolute Gasteiger partial charge is 0.352 e. The normalized spacial score (nSPS) is 18.7. The van der Waals surface area contributed by atoms with E-state index in [2.05, 4.69) is 32.5 Å². The minimum atomic E-state index is -0.281. The lowest BCUT2D eigenvalue weighted by Crippen LogP contribution is -2.50. The molecule has 2 atom stereocenters. The van der Waals surface area contributed by atoms with E-state index in [-0.39, 0.29) is 48.7 Å². The van der Waals surface area contributed by atoms with Crippen molar-refractivity contribution in [1.82, 2.24) is 25.6 Å². The summed E-state index contributed by atoms with van der Waals surface area (Å²) in [7, 11) is 0. The summed E-state index contributed by atoms with van der Waals surface area (Å²) in [5.74, 6) is 0.741. The van der Waals surface area contributed by atoms with Crippen molar-refractivity contribution in [1.29, 1.82) is 0 Å². The molecule has 1 aliphatic rings. The van der Waals surface area contributed by atoms with Crippen LogP contribution in [0.1, 0.15) is 24.6 Å². The molecule has 1 fully saturated rings. The number of aryl methyl sites for hydroxylation is 1. The number of nitrogens with zero attached hydrogens (tertiary/aromatic N) is 2. The van der Waals surface area contributed by atoms with Gasteiger partial charge < -0.3 is 15.6 Å². The first kappa shape index (κ1) is 23.1. The topological polar surface area (TPSA) is 99.8 Å². The smallest absolute Gasteiger partial charge is 0.255 e. The molecule has 27 heavy (non-hydrogen) atoms. The Morgan fingerprint density at radius 3 is 2.78 bits per heavy atom. The molecule has 0 radical (unpaired) electrons. The molecule has 0 spiro atoms. The van der Waals surface area contributed by atoms with Crippen LogP contribution in [0.5, 0.6) is 0 Å². The van der Waals surface area contributed by atoms with Crippen molar-refractivity contribution in [3.05, 3.63) is 46.1 Å². The molecule has 3 rings (SSSR count). The Labute approximate surface area is 170 Å². The summed E-state index contributed by atoms with van der Waals surface area (Å²) < 4.78 is 0. The number of amides is 1. The zero-order chi connectivity index (χ0) is 17.8. The first-order valence-electron chi connectivity index (χ1n) is 8.55. The summed E-state index contributed by atoms with van der Waals surface area (Å²) in [5, 5.41) is 6.31. The van der Waals surface area contributed by atoms with Crippen LogP contribution in [0.3, 0.4) is 0 Å². The summed E-state index contributed by atoms with van der Waals surface area (Å²) >= 11 is 0. The fourth-order valence-electron chi connectivity index (χ4n) is 3.06. The molecular formula is C18H25Cl2N5O2. The maximum absolute atomic E-state index is 12.4. The molecule has 9 heteroatoms. The van der Waals surface area contributed by atoms with Crippen LogP contribution < -0.4 is 16.2 Å². The Bertz CT molecular complexity index is 813. The first-order chi connectivity index (χ1) is 12.0. The molecule has 3 N–H and O–H groups in total. The number of carbonyl (C=O) groups is 1. The van der Waals surface area contributed by atoms with E-state index in [0.717, 1.165) is 25.1 Å². The number of aromatic nitrogens is 3. The Morgan fingerprint density at radius 2 is 2.15 bits per heavy atom. The number of hydrogen-bond acceptors (Lipinski definition) is 5. The van der Waals surface area contributed by atoms with Crippen molar-refractivity contribution in [2.24, 2.45) is 5.92 Å². The minimum absolute atomic E-state index is 0. The van der Waals surface area contributed by atoms with Crippen LogP contribution in [-0.4, -0.2) is 40.0 Å². The minimum Gasteiger partial charge on any atom is -0.352 e. The van der Waals surface area contributed by atoms with Crippen molar-refractivity contribution >= 4 is 30.7 Å². The second-order valence-corrected chi connectivity index (χ2v) is 6.54. The molecule has 2 unspecified atom stereocenters. The summed E-state index contributed by atoms with van der Waals surface area (Å²) in [6, 6.07) is 3.71. The van der Waals surface area contributed by atoms with Crippen LogP contribution in [0, 0.1) is 12.8 Å². The summed E-state index contributed by atoms with van der Waals surface area (Å²) in [6.07, 6.45) is 4.37. The lowest BCUT2D eigenvalue weighted by molar-refractivity contribution is -0.121. The number of carbonyl (C=O) groups excluding carboxylic acids is 1.